The Labute approximate surface area is 214 Å². The Morgan fingerprint density at radius 1 is 1.06 bits per heavy atom. The third-order valence-corrected chi connectivity index (χ3v) is 7.29. The predicted molar refractivity (Wildman–Crippen MR) is 144 cm³/mol. The number of nitrogens with one attached hydrogen (secondary N) is 1. The van der Waals surface area contributed by atoms with E-state index in [2.05, 4.69) is 74.1 Å². The highest BCUT2D eigenvalue weighted by Crippen LogP contribution is 2.29. The van der Waals surface area contributed by atoms with E-state index in [1.54, 1.807) is 11.3 Å². The van der Waals surface area contributed by atoms with Crippen LogP contribution in [0.4, 0.5) is 0 Å². The zero-order valence-electron chi connectivity index (χ0n) is 20.6. The molecule has 0 saturated carbocycles. The van der Waals surface area contributed by atoms with E-state index in [-0.39, 0.29) is 11.6 Å². The normalized spacial score (nSPS) is 12.4. The summed E-state index contributed by atoms with van der Waals surface area (Å²) in [6, 6.07) is 22.6. The molecule has 3 heterocycles. The number of H-pyrrole nitrogens is 1. The SMILES string of the molecule is CCC[C@@H](c1nnnn1Cc1ccccc1)N(Cc1cccs1)Cc1cc2ccc(C)cc2[nH]c1=O. The molecule has 36 heavy (non-hydrogen) atoms. The minimum absolute atomic E-state index is 0.0380. The van der Waals surface area contributed by atoms with Gasteiger partial charge in [0.1, 0.15) is 0 Å². The average molecular weight is 499 g/mol. The molecule has 0 bridgehead atoms. The van der Waals surface area contributed by atoms with E-state index in [0.29, 0.717) is 19.6 Å². The van der Waals surface area contributed by atoms with Gasteiger partial charge in [-0.15, -0.1) is 16.4 Å². The smallest absolute Gasteiger partial charge is 0.252 e. The van der Waals surface area contributed by atoms with Crippen LogP contribution in [0.3, 0.4) is 0 Å². The van der Waals surface area contributed by atoms with Crippen molar-refractivity contribution in [3.63, 3.8) is 0 Å². The molecule has 7 nitrogen and oxygen atoms in total. The summed E-state index contributed by atoms with van der Waals surface area (Å²) in [6.45, 7) is 6.02. The minimum atomic E-state index is -0.0524. The lowest BCUT2D eigenvalue weighted by Crippen LogP contribution is -2.32. The maximum absolute atomic E-state index is 13.1. The summed E-state index contributed by atoms with van der Waals surface area (Å²) in [4.78, 5) is 19.8. The van der Waals surface area contributed by atoms with Crippen LogP contribution in [-0.4, -0.2) is 30.1 Å². The second-order valence-corrected chi connectivity index (χ2v) is 10.2. The number of aromatic amines is 1. The van der Waals surface area contributed by atoms with Crippen molar-refractivity contribution in [2.24, 2.45) is 0 Å². The number of hydrogen-bond acceptors (Lipinski definition) is 6. The van der Waals surface area contributed by atoms with Crippen LogP contribution in [0.15, 0.2) is 76.9 Å². The van der Waals surface area contributed by atoms with E-state index < -0.39 is 0 Å². The topological polar surface area (TPSA) is 79.7 Å². The van der Waals surface area contributed by atoms with Crippen LogP contribution in [0.25, 0.3) is 10.9 Å². The van der Waals surface area contributed by atoms with Crippen molar-refractivity contribution in [2.45, 2.75) is 52.4 Å². The lowest BCUT2D eigenvalue weighted by molar-refractivity contribution is 0.157. The molecule has 8 heteroatoms. The van der Waals surface area contributed by atoms with Crippen molar-refractivity contribution < 1.29 is 0 Å². The molecular formula is C28H30N6OS. The maximum atomic E-state index is 13.1. The molecule has 2 aromatic carbocycles. The number of rotatable bonds is 10. The number of tetrazole rings is 1. The summed E-state index contributed by atoms with van der Waals surface area (Å²) in [5, 5.41) is 16.0. The van der Waals surface area contributed by atoms with Crippen molar-refractivity contribution in [3.05, 3.63) is 110 Å². The van der Waals surface area contributed by atoms with E-state index >= 15 is 0 Å². The van der Waals surface area contributed by atoms with Gasteiger partial charge in [0.2, 0.25) is 0 Å². The first-order valence-corrected chi connectivity index (χ1v) is 13.2. The number of thiophene rings is 1. The summed E-state index contributed by atoms with van der Waals surface area (Å²) in [7, 11) is 0. The van der Waals surface area contributed by atoms with Gasteiger partial charge in [-0.25, -0.2) is 4.68 Å². The molecule has 1 N–H and O–H groups in total. The van der Waals surface area contributed by atoms with Crippen LogP contribution in [0.5, 0.6) is 0 Å². The molecule has 0 radical (unpaired) electrons. The Morgan fingerprint density at radius 3 is 2.69 bits per heavy atom. The largest absolute Gasteiger partial charge is 0.322 e. The molecule has 0 amide bonds. The van der Waals surface area contributed by atoms with Gasteiger partial charge in [-0.2, -0.15) is 0 Å². The highest BCUT2D eigenvalue weighted by Gasteiger charge is 2.27. The fraction of sp³-hybridized carbons (Fsp3) is 0.286. The van der Waals surface area contributed by atoms with Crippen molar-refractivity contribution in [3.8, 4) is 0 Å². The standard InChI is InChI=1S/C28H30N6OS/c1-3-8-26(27-30-31-32-34(27)17-21-9-5-4-6-10-21)33(19-24-11-7-14-36-24)18-23-16-22-13-12-20(2)15-25(22)29-28(23)35/h4-7,9-16,26H,3,8,17-19H2,1-2H3,(H,29,35)/t26-/m0/s1. The quantitative estimate of drug-likeness (QED) is 0.276. The Morgan fingerprint density at radius 2 is 1.92 bits per heavy atom. The van der Waals surface area contributed by atoms with Gasteiger partial charge in [0, 0.05) is 29.0 Å². The lowest BCUT2D eigenvalue weighted by Gasteiger charge is -2.30. The molecular weight excluding hydrogens is 468 g/mol. The van der Waals surface area contributed by atoms with Crippen molar-refractivity contribution in [1.82, 2.24) is 30.1 Å². The van der Waals surface area contributed by atoms with Gasteiger partial charge < -0.3 is 4.98 Å². The van der Waals surface area contributed by atoms with Crippen molar-refractivity contribution in [1.29, 1.82) is 0 Å². The number of hydrogen-bond donors (Lipinski definition) is 1. The first kappa shape index (κ1) is 24.1. The molecule has 184 valence electrons. The van der Waals surface area contributed by atoms with Crippen LogP contribution in [0.2, 0.25) is 0 Å². The van der Waals surface area contributed by atoms with E-state index in [9.17, 15) is 4.79 Å². The number of fused-ring (bicyclic) bond motifs is 1. The summed E-state index contributed by atoms with van der Waals surface area (Å²) < 4.78 is 1.89. The highest BCUT2D eigenvalue weighted by atomic mass is 32.1. The van der Waals surface area contributed by atoms with E-state index in [0.717, 1.165) is 46.3 Å². The van der Waals surface area contributed by atoms with Gasteiger partial charge in [-0.05, 0) is 63.9 Å². The third-order valence-electron chi connectivity index (χ3n) is 6.43. The first-order valence-electron chi connectivity index (χ1n) is 12.3. The van der Waals surface area contributed by atoms with Gasteiger partial charge in [0.25, 0.3) is 5.56 Å². The molecule has 0 saturated heterocycles. The molecule has 0 fully saturated rings. The fourth-order valence-electron chi connectivity index (χ4n) is 4.64. The Hall–Kier alpha value is -3.62. The monoisotopic (exact) mass is 498 g/mol. The Kier molecular flexibility index (Phi) is 7.34. The van der Waals surface area contributed by atoms with Crippen LogP contribution >= 0.6 is 11.3 Å². The highest BCUT2D eigenvalue weighted by molar-refractivity contribution is 7.09. The van der Waals surface area contributed by atoms with E-state index in [1.165, 1.54) is 4.88 Å². The van der Waals surface area contributed by atoms with Gasteiger partial charge >= 0.3 is 0 Å². The van der Waals surface area contributed by atoms with E-state index in [4.69, 9.17) is 0 Å². The fourth-order valence-corrected chi connectivity index (χ4v) is 5.37. The van der Waals surface area contributed by atoms with Crippen molar-refractivity contribution >= 4 is 22.2 Å². The third kappa shape index (κ3) is 5.45. The molecule has 0 spiro atoms. The lowest BCUT2D eigenvalue weighted by atomic mass is 10.1. The summed E-state index contributed by atoms with van der Waals surface area (Å²) in [5.74, 6) is 0.824. The summed E-state index contributed by atoms with van der Waals surface area (Å²) >= 11 is 1.72. The Balaban J connectivity index is 1.52. The van der Waals surface area contributed by atoms with Crippen LogP contribution in [0, 0.1) is 6.92 Å². The van der Waals surface area contributed by atoms with Gasteiger partial charge in [0.15, 0.2) is 5.82 Å². The number of nitrogens with zero attached hydrogens (tertiary/aromatic N) is 5. The molecule has 0 aliphatic carbocycles. The zero-order chi connectivity index (χ0) is 24.9. The number of aryl methyl sites for hydroxylation is 1. The molecule has 1 atom stereocenters. The summed E-state index contributed by atoms with van der Waals surface area (Å²) in [5.41, 5.74) is 3.82. The summed E-state index contributed by atoms with van der Waals surface area (Å²) in [6.07, 6.45) is 1.85. The van der Waals surface area contributed by atoms with Gasteiger partial charge in [-0.1, -0.05) is 61.9 Å². The zero-order valence-corrected chi connectivity index (χ0v) is 21.4. The van der Waals surface area contributed by atoms with Gasteiger partial charge in [0.05, 0.1) is 12.6 Å². The second-order valence-electron chi connectivity index (χ2n) is 9.18. The first-order chi connectivity index (χ1) is 17.6. The maximum Gasteiger partial charge on any atom is 0.252 e. The Bertz CT molecular complexity index is 1480. The predicted octanol–water partition coefficient (Wildman–Crippen LogP) is 5.48. The molecule has 3 aromatic heterocycles. The number of pyridine rings is 1. The minimum Gasteiger partial charge on any atom is -0.322 e. The number of aromatic nitrogens is 5. The molecule has 0 aliphatic rings. The second kappa shape index (κ2) is 11.0. The van der Waals surface area contributed by atoms with Crippen LogP contribution in [-0.2, 0) is 19.6 Å². The van der Waals surface area contributed by atoms with Crippen LogP contribution in [0.1, 0.15) is 53.2 Å². The van der Waals surface area contributed by atoms with Crippen LogP contribution < -0.4 is 5.56 Å². The van der Waals surface area contributed by atoms with Crippen molar-refractivity contribution in [2.75, 3.05) is 0 Å². The average Bonchev–Trinajstić information content (AvgIpc) is 3.56. The molecule has 5 aromatic rings. The van der Waals surface area contributed by atoms with Gasteiger partial charge in [-0.3, -0.25) is 9.69 Å². The molecule has 0 unspecified atom stereocenters. The molecule has 0 aliphatic heterocycles. The van der Waals surface area contributed by atoms with E-state index in [1.807, 2.05) is 41.9 Å². The molecule has 5 rings (SSSR count). The number of benzene rings is 2.